The molecule has 0 heterocycles. The zero-order valence-corrected chi connectivity index (χ0v) is 10.1. The van der Waals surface area contributed by atoms with Gasteiger partial charge in [0.25, 0.3) is 0 Å². The molecule has 2 heteroatoms. The average molecular weight is 224 g/mol. The van der Waals surface area contributed by atoms with Gasteiger partial charge in [0.05, 0.1) is 0 Å². The molecule has 1 nitrogen and oxygen atoms in total. The van der Waals surface area contributed by atoms with Gasteiger partial charge in [0.1, 0.15) is 0 Å². The second-order valence-electron chi connectivity index (χ2n) is 3.63. The van der Waals surface area contributed by atoms with E-state index in [4.69, 9.17) is 4.74 Å². The lowest BCUT2D eigenvalue weighted by Crippen LogP contribution is -1.99. The first-order valence-corrected chi connectivity index (χ1v) is 6.29. The SMILES string of the molecule is SCCCCOCCCc1ccccc1. The van der Waals surface area contributed by atoms with Crippen molar-refractivity contribution in [2.75, 3.05) is 19.0 Å². The van der Waals surface area contributed by atoms with Crippen LogP contribution in [0.2, 0.25) is 0 Å². The molecule has 0 aliphatic heterocycles. The van der Waals surface area contributed by atoms with Gasteiger partial charge in [-0.1, -0.05) is 30.3 Å². The van der Waals surface area contributed by atoms with E-state index in [1.807, 2.05) is 0 Å². The van der Waals surface area contributed by atoms with Crippen LogP contribution in [-0.2, 0) is 11.2 Å². The Morgan fingerprint density at radius 3 is 2.40 bits per heavy atom. The number of hydrogen-bond acceptors (Lipinski definition) is 2. The summed E-state index contributed by atoms with van der Waals surface area (Å²) in [7, 11) is 0. The Balaban J connectivity index is 1.93. The predicted molar refractivity (Wildman–Crippen MR) is 68.7 cm³/mol. The van der Waals surface area contributed by atoms with Crippen LogP contribution in [0.1, 0.15) is 24.8 Å². The van der Waals surface area contributed by atoms with Crippen LogP contribution in [0.4, 0.5) is 0 Å². The molecular weight excluding hydrogens is 204 g/mol. The van der Waals surface area contributed by atoms with E-state index in [0.29, 0.717) is 0 Å². The van der Waals surface area contributed by atoms with E-state index in [2.05, 4.69) is 43.0 Å². The fraction of sp³-hybridized carbons (Fsp3) is 0.538. The van der Waals surface area contributed by atoms with Gasteiger partial charge in [-0.25, -0.2) is 0 Å². The molecule has 0 bridgehead atoms. The molecule has 1 aromatic carbocycles. The molecule has 0 radical (unpaired) electrons. The summed E-state index contributed by atoms with van der Waals surface area (Å²) in [4.78, 5) is 0. The number of aryl methyl sites for hydroxylation is 1. The molecule has 0 aromatic heterocycles. The Kier molecular flexibility index (Phi) is 7.40. The van der Waals surface area contributed by atoms with Crippen molar-refractivity contribution in [2.24, 2.45) is 0 Å². The van der Waals surface area contributed by atoms with Crippen molar-refractivity contribution >= 4 is 12.6 Å². The van der Waals surface area contributed by atoms with Crippen molar-refractivity contribution in [1.82, 2.24) is 0 Å². The Morgan fingerprint density at radius 1 is 0.933 bits per heavy atom. The van der Waals surface area contributed by atoms with Gasteiger partial charge in [-0.05, 0) is 37.0 Å². The van der Waals surface area contributed by atoms with Gasteiger partial charge >= 0.3 is 0 Å². The Bertz CT molecular complexity index is 236. The van der Waals surface area contributed by atoms with E-state index >= 15 is 0 Å². The molecule has 0 atom stereocenters. The van der Waals surface area contributed by atoms with Gasteiger partial charge in [-0.2, -0.15) is 12.6 Å². The van der Waals surface area contributed by atoms with Crippen molar-refractivity contribution < 1.29 is 4.74 Å². The van der Waals surface area contributed by atoms with Crippen molar-refractivity contribution in [1.29, 1.82) is 0 Å². The topological polar surface area (TPSA) is 9.23 Å². The second-order valence-corrected chi connectivity index (χ2v) is 4.08. The van der Waals surface area contributed by atoms with Gasteiger partial charge in [0.2, 0.25) is 0 Å². The smallest absolute Gasteiger partial charge is 0.0469 e. The predicted octanol–water partition coefficient (Wildman–Crippen LogP) is 3.35. The molecule has 0 aliphatic carbocycles. The van der Waals surface area contributed by atoms with Crippen molar-refractivity contribution in [3.63, 3.8) is 0 Å². The van der Waals surface area contributed by atoms with Gasteiger partial charge < -0.3 is 4.74 Å². The van der Waals surface area contributed by atoms with Gasteiger partial charge in [-0.15, -0.1) is 0 Å². The van der Waals surface area contributed by atoms with Crippen LogP contribution < -0.4 is 0 Å². The molecule has 84 valence electrons. The minimum atomic E-state index is 0.876. The Labute approximate surface area is 98.3 Å². The summed E-state index contributed by atoms with van der Waals surface area (Å²) in [5.74, 6) is 0.966. The number of unbranched alkanes of at least 4 members (excludes halogenated alkanes) is 1. The molecule has 0 spiro atoms. The van der Waals surface area contributed by atoms with Gasteiger partial charge in [-0.3, -0.25) is 0 Å². The summed E-state index contributed by atoms with van der Waals surface area (Å²) < 4.78 is 5.52. The first kappa shape index (κ1) is 12.6. The summed E-state index contributed by atoms with van der Waals surface area (Å²) in [6, 6.07) is 10.6. The van der Waals surface area contributed by atoms with Crippen molar-refractivity contribution in [2.45, 2.75) is 25.7 Å². The number of benzene rings is 1. The number of thiol groups is 1. The minimum absolute atomic E-state index is 0.876. The van der Waals surface area contributed by atoms with Crippen LogP contribution >= 0.6 is 12.6 Å². The molecule has 1 rings (SSSR count). The Hall–Kier alpha value is -0.470. The number of rotatable bonds is 8. The van der Waals surface area contributed by atoms with Crippen molar-refractivity contribution in [3.8, 4) is 0 Å². The zero-order valence-electron chi connectivity index (χ0n) is 9.19. The van der Waals surface area contributed by atoms with Crippen LogP contribution in [0, 0.1) is 0 Å². The largest absolute Gasteiger partial charge is 0.381 e. The maximum absolute atomic E-state index is 5.52. The van der Waals surface area contributed by atoms with Crippen LogP contribution in [0.5, 0.6) is 0 Å². The Morgan fingerprint density at radius 2 is 1.67 bits per heavy atom. The molecule has 0 unspecified atom stereocenters. The lowest BCUT2D eigenvalue weighted by atomic mass is 10.1. The van der Waals surface area contributed by atoms with E-state index in [1.54, 1.807) is 0 Å². The number of hydrogen-bond donors (Lipinski definition) is 1. The van der Waals surface area contributed by atoms with Gasteiger partial charge in [0.15, 0.2) is 0 Å². The summed E-state index contributed by atoms with van der Waals surface area (Å²) in [6.07, 6.45) is 4.52. The molecule has 1 aromatic rings. The fourth-order valence-corrected chi connectivity index (χ4v) is 1.66. The molecule has 0 N–H and O–H groups in total. The van der Waals surface area contributed by atoms with E-state index < -0.39 is 0 Å². The lowest BCUT2D eigenvalue weighted by molar-refractivity contribution is 0.129. The van der Waals surface area contributed by atoms with E-state index in [9.17, 15) is 0 Å². The third-order valence-corrected chi connectivity index (χ3v) is 2.61. The highest BCUT2D eigenvalue weighted by atomic mass is 32.1. The second kappa shape index (κ2) is 8.81. The first-order chi connectivity index (χ1) is 7.43. The highest BCUT2D eigenvalue weighted by molar-refractivity contribution is 7.80. The average Bonchev–Trinajstić information content (AvgIpc) is 2.29. The molecule has 0 aliphatic rings. The van der Waals surface area contributed by atoms with E-state index in [-0.39, 0.29) is 0 Å². The molecule has 0 saturated heterocycles. The van der Waals surface area contributed by atoms with Crippen LogP contribution in [-0.4, -0.2) is 19.0 Å². The standard InChI is InChI=1S/C13H20OS/c15-12-5-4-10-14-11-6-9-13-7-2-1-3-8-13/h1-3,7-8,15H,4-6,9-12H2. The van der Waals surface area contributed by atoms with Crippen LogP contribution in [0.25, 0.3) is 0 Å². The maximum Gasteiger partial charge on any atom is 0.0469 e. The summed E-state index contributed by atoms with van der Waals surface area (Å²) in [5, 5.41) is 0. The summed E-state index contributed by atoms with van der Waals surface area (Å²) in [6.45, 7) is 1.76. The molecule has 0 amide bonds. The zero-order chi connectivity index (χ0) is 10.8. The third-order valence-electron chi connectivity index (χ3n) is 2.29. The first-order valence-electron chi connectivity index (χ1n) is 5.66. The minimum Gasteiger partial charge on any atom is -0.381 e. The molecule has 0 saturated carbocycles. The normalized spacial score (nSPS) is 10.5. The summed E-state index contributed by atoms with van der Waals surface area (Å²) >= 11 is 4.16. The highest BCUT2D eigenvalue weighted by Gasteiger charge is 1.92. The highest BCUT2D eigenvalue weighted by Crippen LogP contribution is 2.02. The van der Waals surface area contributed by atoms with Crippen LogP contribution in [0.15, 0.2) is 30.3 Å². The quantitative estimate of drug-likeness (QED) is 0.526. The maximum atomic E-state index is 5.52. The summed E-state index contributed by atoms with van der Waals surface area (Å²) in [5.41, 5.74) is 1.40. The van der Waals surface area contributed by atoms with E-state index in [0.717, 1.165) is 44.6 Å². The lowest BCUT2D eigenvalue weighted by Gasteiger charge is -2.03. The van der Waals surface area contributed by atoms with Crippen molar-refractivity contribution in [3.05, 3.63) is 35.9 Å². The molecular formula is C13H20OS. The molecule has 0 fully saturated rings. The third kappa shape index (κ3) is 6.58. The van der Waals surface area contributed by atoms with Gasteiger partial charge in [0, 0.05) is 13.2 Å². The van der Waals surface area contributed by atoms with Crippen LogP contribution in [0.3, 0.4) is 0 Å². The molecule has 15 heavy (non-hydrogen) atoms. The number of ether oxygens (including phenoxy) is 1. The fourth-order valence-electron chi connectivity index (χ4n) is 1.44. The monoisotopic (exact) mass is 224 g/mol. The van der Waals surface area contributed by atoms with E-state index in [1.165, 1.54) is 5.56 Å².